The predicted octanol–water partition coefficient (Wildman–Crippen LogP) is 3.20. The van der Waals surface area contributed by atoms with E-state index in [1.165, 1.54) is 21.4 Å². The van der Waals surface area contributed by atoms with Crippen LogP contribution < -0.4 is 5.56 Å². The number of nitrogens with zero attached hydrogens (tertiary/aromatic N) is 5. The molecule has 0 aromatic carbocycles. The molecule has 1 N–H and O–H groups in total. The molecule has 7 nitrogen and oxygen atoms in total. The number of aromatic amines is 1. The lowest BCUT2D eigenvalue weighted by molar-refractivity contribution is 0.205. The Kier molecular flexibility index (Phi) is 5.08. The first kappa shape index (κ1) is 20.1. The van der Waals surface area contributed by atoms with Gasteiger partial charge in [0.05, 0.1) is 11.7 Å². The minimum absolute atomic E-state index is 0.137. The number of piperidine rings is 1. The van der Waals surface area contributed by atoms with E-state index in [2.05, 4.69) is 44.1 Å². The largest absolute Gasteiger partial charge is 0.346 e. The van der Waals surface area contributed by atoms with Gasteiger partial charge >= 0.3 is 0 Å². The van der Waals surface area contributed by atoms with Crippen LogP contribution in [-0.4, -0.2) is 62.5 Å². The predicted molar refractivity (Wildman–Crippen MR) is 128 cm³/mol. The van der Waals surface area contributed by atoms with Crippen LogP contribution in [0.25, 0.3) is 21.3 Å². The molecule has 6 heterocycles. The van der Waals surface area contributed by atoms with Crippen LogP contribution in [0.5, 0.6) is 0 Å². The topological polar surface area (TPSA) is 70.1 Å². The Balaban J connectivity index is 1.13. The molecular formula is C24H28N6OS. The van der Waals surface area contributed by atoms with Crippen molar-refractivity contribution in [3.05, 3.63) is 57.2 Å². The highest BCUT2D eigenvalue weighted by atomic mass is 32.1. The molecule has 0 amide bonds. The Labute approximate surface area is 190 Å². The van der Waals surface area contributed by atoms with Gasteiger partial charge in [-0.2, -0.15) is 0 Å². The van der Waals surface area contributed by atoms with Gasteiger partial charge in [-0.1, -0.05) is 0 Å². The van der Waals surface area contributed by atoms with Crippen molar-refractivity contribution in [2.75, 3.05) is 33.2 Å². The van der Waals surface area contributed by atoms with Gasteiger partial charge in [0, 0.05) is 48.8 Å². The summed E-state index contributed by atoms with van der Waals surface area (Å²) in [5.74, 6) is 0.570. The summed E-state index contributed by atoms with van der Waals surface area (Å²) < 4.78 is 1.82. The Bertz CT molecular complexity index is 1330. The van der Waals surface area contributed by atoms with Crippen LogP contribution >= 0.6 is 11.3 Å². The van der Waals surface area contributed by atoms with E-state index in [1.54, 1.807) is 17.7 Å². The van der Waals surface area contributed by atoms with Crippen molar-refractivity contribution in [2.24, 2.45) is 0 Å². The molecule has 0 saturated carbocycles. The number of pyridine rings is 1. The third-order valence-electron chi connectivity index (χ3n) is 7.19. The van der Waals surface area contributed by atoms with Gasteiger partial charge in [0.25, 0.3) is 5.56 Å². The molecule has 8 heteroatoms. The van der Waals surface area contributed by atoms with Gasteiger partial charge in [0.2, 0.25) is 0 Å². The number of likely N-dealkylation sites (tertiary alicyclic amines) is 1. The van der Waals surface area contributed by atoms with Crippen molar-refractivity contribution < 1.29 is 0 Å². The first-order valence-corrected chi connectivity index (χ1v) is 12.3. The van der Waals surface area contributed by atoms with E-state index in [1.807, 2.05) is 16.8 Å². The maximum Gasteiger partial charge on any atom is 0.262 e. The summed E-state index contributed by atoms with van der Waals surface area (Å²) in [4.78, 5) is 32.6. The monoisotopic (exact) mass is 448 g/mol. The molecule has 4 aromatic rings. The average Bonchev–Trinajstić information content (AvgIpc) is 3.40. The fourth-order valence-electron chi connectivity index (χ4n) is 5.34. The van der Waals surface area contributed by atoms with Gasteiger partial charge in [0.1, 0.15) is 10.5 Å². The maximum absolute atomic E-state index is 13.2. The van der Waals surface area contributed by atoms with E-state index >= 15 is 0 Å². The summed E-state index contributed by atoms with van der Waals surface area (Å²) in [6.07, 6.45) is 8.95. The number of fused-ring (bicyclic) bond motifs is 4. The van der Waals surface area contributed by atoms with E-state index in [-0.39, 0.29) is 5.56 Å². The fraction of sp³-hybridized carbons (Fsp3) is 0.458. The molecule has 0 atom stereocenters. The standard InChI is InChI=1S/C24H28N6OS/c1-28-8-6-18-20(14-28)32-23-21(18)24(31)30(15-27-23)12-11-29-9-4-16(5-10-29)19-13-26-22-17(19)3-2-7-25-22/h2-3,7,13,15-16H,4-6,8-12,14H2,1H3,(H,25,26). The zero-order valence-electron chi connectivity index (χ0n) is 18.4. The number of hydrogen-bond acceptors (Lipinski definition) is 6. The van der Waals surface area contributed by atoms with Gasteiger partial charge in [-0.25, -0.2) is 9.97 Å². The van der Waals surface area contributed by atoms with Crippen LogP contribution in [0.3, 0.4) is 0 Å². The molecule has 166 valence electrons. The lowest BCUT2D eigenvalue weighted by Gasteiger charge is -2.32. The molecule has 32 heavy (non-hydrogen) atoms. The first-order valence-electron chi connectivity index (χ1n) is 11.5. The second kappa shape index (κ2) is 8.10. The van der Waals surface area contributed by atoms with E-state index < -0.39 is 0 Å². The Morgan fingerprint density at radius 3 is 2.94 bits per heavy atom. The third kappa shape index (κ3) is 3.46. The van der Waals surface area contributed by atoms with Crippen LogP contribution in [-0.2, 0) is 19.5 Å². The zero-order chi connectivity index (χ0) is 21.7. The van der Waals surface area contributed by atoms with Crippen molar-refractivity contribution in [3.8, 4) is 0 Å². The van der Waals surface area contributed by atoms with Crippen LogP contribution in [0.15, 0.2) is 35.6 Å². The second-order valence-corrected chi connectivity index (χ2v) is 10.3. The molecule has 2 aliphatic heterocycles. The minimum Gasteiger partial charge on any atom is -0.346 e. The van der Waals surface area contributed by atoms with Crippen molar-refractivity contribution in [2.45, 2.75) is 38.3 Å². The van der Waals surface area contributed by atoms with Crippen LogP contribution in [0.2, 0.25) is 0 Å². The highest BCUT2D eigenvalue weighted by Crippen LogP contribution is 2.33. The molecule has 2 aliphatic rings. The molecule has 0 aliphatic carbocycles. The molecule has 0 spiro atoms. The number of thiophene rings is 1. The average molecular weight is 449 g/mol. The maximum atomic E-state index is 13.2. The molecule has 0 radical (unpaired) electrons. The van der Waals surface area contributed by atoms with Gasteiger partial charge < -0.3 is 14.8 Å². The third-order valence-corrected chi connectivity index (χ3v) is 8.31. The minimum atomic E-state index is 0.137. The van der Waals surface area contributed by atoms with Crippen LogP contribution in [0.1, 0.15) is 34.8 Å². The molecule has 0 bridgehead atoms. The smallest absolute Gasteiger partial charge is 0.262 e. The summed E-state index contributed by atoms with van der Waals surface area (Å²) in [5, 5.41) is 2.12. The lowest BCUT2D eigenvalue weighted by Crippen LogP contribution is -2.36. The number of hydrogen-bond donors (Lipinski definition) is 1. The van der Waals surface area contributed by atoms with Gasteiger partial charge in [-0.05, 0) is 68.6 Å². The van der Waals surface area contributed by atoms with E-state index in [0.29, 0.717) is 12.5 Å². The summed E-state index contributed by atoms with van der Waals surface area (Å²) in [6.45, 7) is 5.65. The van der Waals surface area contributed by atoms with E-state index in [4.69, 9.17) is 0 Å². The summed E-state index contributed by atoms with van der Waals surface area (Å²) in [5.41, 5.74) is 3.75. The molecule has 6 rings (SSSR count). The molecular weight excluding hydrogens is 420 g/mol. The fourth-order valence-corrected chi connectivity index (χ4v) is 6.60. The number of H-pyrrole nitrogens is 1. The zero-order valence-corrected chi connectivity index (χ0v) is 19.2. The summed E-state index contributed by atoms with van der Waals surface area (Å²) >= 11 is 1.69. The van der Waals surface area contributed by atoms with Crippen molar-refractivity contribution in [1.29, 1.82) is 0 Å². The SMILES string of the molecule is CN1CCc2c(sc3ncn(CCN4CCC(c5c[nH]c6ncccc56)CC4)c(=O)c23)C1. The van der Waals surface area contributed by atoms with Crippen LogP contribution in [0.4, 0.5) is 0 Å². The molecule has 1 fully saturated rings. The number of aromatic nitrogens is 4. The number of likely N-dealkylation sites (N-methyl/N-ethyl adjacent to an activating group) is 1. The first-order chi connectivity index (χ1) is 15.7. The Morgan fingerprint density at radius 2 is 2.06 bits per heavy atom. The van der Waals surface area contributed by atoms with Gasteiger partial charge in [-0.3, -0.25) is 9.36 Å². The molecule has 1 saturated heterocycles. The van der Waals surface area contributed by atoms with E-state index in [0.717, 1.165) is 67.9 Å². The number of nitrogens with one attached hydrogen (secondary N) is 1. The Hall–Kier alpha value is -2.55. The second-order valence-electron chi connectivity index (χ2n) is 9.17. The van der Waals surface area contributed by atoms with Crippen molar-refractivity contribution in [1.82, 2.24) is 29.3 Å². The van der Waals surface area contributed by atoms with Crippen molar-refractivity contribution >= 4 is 32.6 Å². The van der Waals surface area contributed by atoms with Gasteiger partial charge in [0.15, 0.2) is 0 Å². The summed E-state index contributed by atoms with van der Waals surface area (Å²) in [7, 11) is 2.14. The van der Waals surface area contributed by atoms with Crippen molar-refractivity contribution in [3.63, 3.8) is 0 Å². The lowest BCUT2D eigenvalue weighted by atomic mass is 9.89. The molecule has 4 aromatic heterocycles. The Morgan fingerprint density at radius 1 is 1.19 bits per heavy atom. The quantitative estimate of drug-likeness (QED) is 0.519. The number of rotatable bonds is 4. The highest BCUT2D eigenvalue weighted by molar-refractivity contribution is 7.18. The summed E-state index contributed by atoms with van der Waals surface area (Å²) in [6, 6.07) is 4.18. The highest BCUT2D eigenvalue weighted by Gasteiger charge is 2.24. The molecule has 0 unspecified atom stereocenters. The van der Waals surface area contributed by atoms with Gasteiger partial charge in [-0.15, -0.1) is 11.3 Å². The normalized spacial score (nSPS) is 18.5. The van der Waals surface area contributed by atoms with Crippen LogP contribution in [0, 0.1) is 0 Å². The van der Waals surface area contributed by atoms with E-state index in [9.17, 15) is 4.79 Å².